The van der Waals surface area contributed by atoms with E-state index in [4.69, 9.17) is 16.3 Å². The summed E-state index contributed by atoms with van der Waals surface area (Å²) in [4.78, 5) is 50.8. The molecule has 0 unspecified atom stereocenters. The molecule has 1 heterocycles. The van der Waals surface area contributed by atoms with Crippen molar-refractivity contribution in [2.24, 2.45) is 0 Å². The highest BCUT2D eigenvalue weighted by Crippen LogP contribution is 2.34. The van der Waals surface area contributed by atoms with Crippen molar-refractivity contribution in [3.05, 3.63) is 94.0 Å². The molecule has 0 aromatic heterocycles. The molecule has 0 fully saturated rings. The largest absolute Gasteiger partial charge is 0.452 e. The third-order valence-corrected chi connectivity index (χ3v) is 5.37. The number of carbonyl (C=O) groups is 4. The molecule has 178 valence electrons. The number of alkyl halides is 3. The Labute approximate surface area is 201 Å². The number of halogens is 4. The summed E-state index contributed by atoms with van der Waals surface area (Å²) in [6, 6.07) is 14.2. The van der Waals surface area contributed by atoms with Gasteiger partial charge >= 0.3 is 12.1 Å². The van der Waals surface area contributed by atoms with Crippen molar-refractivity contribution >= 4 is 46.7 Å². The lowest BCUT2D eigenvalue weighted by atomic mass is 10.1. The Morgan fingerprint density at radius 2 is 1.57 bits per heavy atom. The highest BCUT2D eigenvalue weighted by molar-refractivity contribution is 6.34. The number of anilines is 2. The Kier molecular flexibility index (Phi) is 6.31. The summed E-state index contributed by atoms with van der Waals surface area (Å²) in [5, 5.41) is 2.03. The average Bonchev–Trinajstić information content (AvgIpc) is 3.08. The van der Waals surface area contributed by atoms with Crippen LogP contribution in [0.25, 0.3) is 0 Å². The molecule has 0 bridgehead atoms. The van der Waals surface area contributed by atoms with E-state index in [0.29, 0.717) is 6.07 Å². The van der Waals surface area contributed by atoms with Gasteiger partial charge in [0.05, 0.1) is 38.7 Å². The number of nitrogens with zero attached hydrogens (tertiary/aromatic N) is 1. The lowest BCUT2D eigenvalue weighted by Crippen LogP contribution is -2.29. The summed E-state index contributed by atoms with van der Waals surface area (Å²) in [6.45, 7) is -0.817. The van der Waals surface area contributed by atoms with Crippen LogP contribution in [0.3, 0.4) is 0 Å². The number of nitrogens with one attached hydrogen (secondary N) is 1. The van der Waals surface area contributed by atoms with Crippen LogP contribution in [0.1, 0.15) is 36.6 Å². The Hall–Kier alpha value is -4.18. The highest BCUT2D eigenvalue weighted by atomic mass is 35.5. The first kappa shape index (κ1) is 24.0. The molecule has 1 N–H and O–H groups in total. The van der Waals surface area contributed by atoms with E-state index < -0.39 is 42.0 Å². The van der Waals surface area contributed by atoms with Crippen LogP contribution in [0, 0.1) is 0 Å². The van der Waals surface area contributed by atoms with E-state index in [1.165, 1.54) is 36.4 Å². The number of hydrogen-bond acceptors (Lipinski definition) is 5. The Morgan fingerprint density at radius 3 is 2.20 bits per heavy atom. The first-order valence-corrected chi connectivity index (χ1v) is 10.4. The monoisotopic (exact) mass is 502 g/mol. The molecule has 11 heteroatoms. The molecule has 3 aromatic carbocycles. The van der Waals surface area contributed by atoms with Gasteiger partial charge in [0.1, 0.15) is 0 Å². The van der Waals surface area contributed by atoms with Gasteiger partial charge in [-0.3, -0.25) is 14.4 Å². The second-order valence-corrected chi connectivity index (χ2v) is 7.77. The molecule has 0 saturated carbocycles. The molecular formula is C24H14ClF3N2O5. The molecule has 1 aliphatic heterocycles. The Bertz CT molecular complexity index is 1340. The van der Waals surface area contributed by atoms with Gasteiger partial charge in [0.2, 0.25) is 0 Å². The van der Waals surface area contributed by atoms with E-state index in [2.05, 4.69) is 5.32 Å². The lowest BCUT2D eigenvalue weighted by Gasteiger charge is -2.15. The minimum Gasteiger partial charge on any atom is -0.452 e. The summed E-state index contributed by atoms with van der Waals surface area (Å²) in [7, 11) is 0. The van der Waals surface area contributed by atoms with Crippen molar-refractivity contribution in [2.75, 3.05) is 16.8 Å². The molecule has 0 radical (unpaired) electrons. The average molecular weight is 503 g/mol. The van der Waals surface area contributed by atoms with Crippen LogP contribution in [0.15, 0.2) is 66.7 Å². The summed E-state index contributed by atoms with van der Waals surface area (Å²) >= 11 is 5.84. The third-order valence-electron chi connectivity index (χ3n) is 5.04. The van der Waals surface area contributed by atoms with Gasteiger partial charge in [-0.05, 0) is 48.5 Å². The third kappa shape index (κ3) is 4.87. The van der Waals surface area contributed by atoms with E-state index >= 15 is 0 Å². The number of ether oxygens (including phenoxy) is 1. The molecule has 4 rings (SSSR count). The zero-order valence-corrected chi connectivity index (χ0v) is 18.3. The molecule has 3 aromatic rings. The minimum atomic E-state index is -4.64. The van der Waals surface area contributed by atoms with Crippen molar-refractivity contribution < 1.29 is 37.1 Å². The molecule has 0 saturated heterocycles. The van der Waals surface area contributed by atoms with Gasteiger partial charge in [0, 0.05) is 0 Å². The molecule has 0 aliphatic carbocycles. The fraction of sp³-hybridized carbons (Fsp3) is 0.0833. The number of benzene rings is 3. The summed E-state index contributed by atoms with van der Waals surface area (Å²) < 4.78 is 43.6. The predicted molar refractivity (Wildman–Crippen MR) is 119 cm³/mol. The van der Waals surface area contributed by atoms with Gasteiger partial charge in [0.25, 0.3) is 17.7 Å². The summed E-state index contributed by atoms with van der Waals surface area (Å²) in [5.74, 6) is -2.97. The number of rotatable bonds is 5. The smallest absolute Gasteiger partial charge is 0.416 e. The van der Waals surface area contributed by atoms with Crippen molar-refractivity contribution in [1.29, 1.82) is 0 Å². The van der Waals surface area contributed by atoms with Crippen LogP contribution in [-0.2, 0) is 15.7 Å². The normalized spacial score (nSPS) is 13.0. The Balaban J connectivity index is 1.43. The van der Waals surface area contributed by atoms with Crippen LogP contribution >= 0.6 is 11.6 Å². The molecule has 7 nitrogen and oxygen atoms in total. The van der Waals surface area contributed by atoms with Crippen LogP contribution in [0.2, 0.25) is 5.02 Å². The molecular weight excluding hydrogens is 489 g/mol. The van der Waals surface area contributed by atoms with E-state index in [0.717, 1.165) is 17.0 Å². The quantitative estimate of drug-likeness (QED) is 0.393. The predicted octanol–water partition coefficient (Wildman–Crippen LogP) is 4.95. The number of fused-ring (bicyclic) bond motifs is 1. The van der Waals surface area contributed by atoms with E-state index in [1.54, 1.807) is 12.1 Å². The minimum absolute atomic E-state index is 0.0519. The van der Waals surface area contributed by atoms with Gasteiger partial charge in [-0.1, -0.05) is 29.8 Å². The SMILES string of the molecule is O=C(COC(=O)c1cccc(N2C(=O)c3ccccc3C2=O)c1)Nc1cc(C(F)(F)F)ccc1Cl. The second kappa shape index (κ2) is 9.22. The van der Waals surface area contributed by atoms with Gasteiger partial charge < -0.3 is 10.1 Å². The molecule has 0 spiro atoms. The molecule has 1 aliphatic rings. The zero-order valence-electron chi connectivity index (χ0n) is 17.6. The number of carbonyl (C=O) groups excluding carboxylic acids is 4. The zero-order chi connectivity index (χ0) is 25.3. The van der Waals surface area contributed by atoms with Crippen LogP contribution in [0.4, 0.5) is 24.5 Å². The maximum Gasteiger partial charge on any atom is 0.416 e. The molecule has 0 atom stereocenters. The number of hydrogen-bond donors (Lipinski definition) is 1. The number of amides is 3. The van der Waals surface area contributed by atoms with Crippen molar-refractivity contribution in [2.45, 2.75) is 6.18 Å². The maximum absolute atomic E-state index is 12.9. The highest BCUT2D eigenvalue weighted by Gasteiger charge is 2.36. The van der Waals surface area contributed by atoms with Crippen molar-refractivity contribution in [3.8, 4) is 0 Å². The summed E-state index contributed by atoms with van der Waals surface area (Å²) in [5.41, 5.74) is -0.769. The van der Waals surface area contributed by atoms with Gasteiger partial charge in [-0.15, -0.1) is 0 Å². The first-order chi connectivity index (χ1) is 16.6. The van der Waals surface area contributed by atoms with Crippen molar-refractivity contribution in [1.82, 2.24) is 0 Å². The van der Waals surface area contributed by atoms with Gasteiger partial charge in [-0.2, -0.15) is 13.2 Å². The number of imide groups is 1. The van der Waals surface area contributed by atoms with Crippen LogP contribution in [-0.4, -0.2) is 30.3 Å². The van der Waals surface area contributed by atoms with Crippen LogP contribution in [0.5, 0.6) is 0 Å². The topological polar surface area (TPSA) is 92.8 Å². The fourth-order valence-electron chi connectivity index (χ4n) is 3.39. The van der Waals surface area contributed by atoms with Crippen LogP contribution < -0.4 is 10.2 Å². The van der Waals surface area contributed by atoms with E-state index in [1.807, 2.05) is 0 Å². The summed E-state index contributed by atoms with van der Waals surface area (Å²) in [6.07, 6.45) is -4.64. The fourth-order valence-corrected chi connectivity index (χ4v) is 3.56. The van der Waals surface area contributed by atoms with Crippen molar-refractivity contribution in [3.63, 3.8) is 0 Å². The van der Waals surface area contributed by atoms with Gasteiger partial charge in [0.15, 0.2) is 6.61 Å². The van der Waals surface area contributed by atoms with Gasteiger partial charge in [-0.25, -0.2) is 9.69 Å². The second-order valence-electron chi connectivity index (χ2n) is 7.36. The molecule has 35 heavy (non-hydrogen) atoms. The lowest BCUT2D eigenvalue weighted by molar-refractivity contribution is -0.137. The maximum atomic E-state index is 12.9. The first-order valence-electron chi connectivity index (χ1n) is 9.98. The molecule has 3 amide bonds. The van der Waals surface area contributed by atoms with E-state index in [-0.39, 0.29) is 33.1 Å². The Morgan fingerprint density at radius 1 is 0.914 bits per heavy atom. The number of esters is 1. The standard InChI is InChI=1S/C24H14ClF3N2O5/c25-18-9-8-14(24(26,27)28)11-19(18)29-20(31)12-35-23(34)13-4-3-5-15(10-13)30-21(32)16-6-1-2-7-17(16)22(30)33/h1-11H,12H2,(H,29,31). The van der Waals surface area contributed by atoms with E-state index in [9.17, 15) is 32.3 Å².